The summed E-state index contributed by atoms with van der Waals surface area (Å²) in [7, 11) is -2.73. The van der Waals surface area contributed by atoms with Gasteiger partial charge in [0.2, 0.25) is 22.0 Å². The first-order valence-corrected chi connectivity index (χ1v) is 8.90. The maximum Gasteiger partial charge on any atom is 0.292 e. The molecule has 0 heterocycles. The van der Waals surface area contributed by atoms with Crippen LogP contribution in [0.1, 0.15) is 12.5 Å². The number of amides is 2. The third kappa shape index (κ3) is 5.48. The molecule has 1 unspecified atom stereocenters. The minimum absolute atomic E-state index is 0.121. The maximum absolute atomic E-state index is 12.9. The van der Waals surface area contributed by atoms with Crippen LogP contribution in [-0.2, 0) is 24.7 Å². The number of aliphatic hydroxyl groups is 1. The van der Waals surface area contributed by atoms with Gasteiger partial charge in [-0.3, -0.25) is 14.4 Å². The minimum Gasteiger partial charge on any atom is -0.507 e. The van der Waals surface area contributed by atoms with Gasteiger partial charge in [-0.05, 0) is 36.4 Å². The van der Waals surface area contributed by atoms with E-state index in [0.29, 0.717) is 6.08 Å². The zero-order chi connectivity index (χ0) is 20.8. The SMILES string of the molecule is CC(=O)NC1=CC(=S(=O)=O)C(NC(=O)C(=O)/C=C(\O)c2ccc(F)cc2)C=C1. The van der Waals surface area contributed by atoms with Crippen LogP contribution < -0.4 is 10.6 Å². The molecule has 0 aromatic heterocycles. The molecule has 2 rings (SSSR count). The molecule has 2 amide bonds. The number of hydrogen-bond acceptors (Lipinski definition) is 6. The Kier molecular flexibility index (Phi) is 6.61. The lowest BCUT2D eigenvalue weighted by atomic mass is 10.1. The molecule has 1 aliphatic carbocycles. The number of hydrogen-bond donors (Lipinski definition) is 3. The monoisotopic (exact) mass is 406 g/mol. The fourth-order valence-electron chi connectivity index (χ4n) is 2.24. The van der Waals surface area contributed by atoms with Gasteiger partial charge in [-0.1, -0.05) is 6.08 Å². The van der Waals surface area contributed by atoms with Crippen LogP contribution in [0.5, 0.6) is 0 Å². The first kappa shape index (κ1) is 20.8. The van der Waals surface area contributed by atoms with Gasteiger partial charge in [0.05, 0.1) is 6.04 Å². The molecule has 0 saturated heterocycles. The third-order valence-corrected chi connectivity index (χ3v) is 4.26. The van der Waals surface area contributed by atoms with E-state index in [-0.39, 0.29) is 16.1 Å². The molecule has 0 spiro atoms. The van der Waals surface area contributed by atoms with Crippen molar-refractivity contribution in [3.63, 3.8) is 0 Å². The first-order chi connectivity index (χ1) is 13.2. The molecule has 146 valence electrons. The fraction of sp³-hybridized carbons (Fsp3) is 0.111. The largest absolute Gasteiger partial charge is 0.507 e. The number of benzene rings is 1. The van der Waals surface area contributed by atoms with Crippen LogP contribution in [0.25, 0.3) is 5.76 Å². The Labute approximate surface area is 160 Å². The Morgan fingerprint density at radius 2 is 1.82 bits per heavy atom. The standard InChI is InChI=1S/C18H15FN2O6S/c1-10(22)20-13-6-7-14(17(8-13)28(26)27)21-18(25)16(24)9-15(23)11-2-4-12(19)5-3-11/h2-9,14,23H,1H3,(H,20,22)(H,21,25)/b15-9-. The number of ketones is 1. The van der Waals surface area contributed by atoms with Crippen LogP contribution in [0.3, 0.4) is 0 Å². The highest BCUT2D eigenvalue weighted by Crippen LogP contribution is 2.12. The first-order valence-electron chi connectivity index (χ1n) is 7.82. The molecule has 1 aliphatic rings. The van der Waals surface area contributed by atoms with Crippen molar-refractivity contribution < 1.29 is 32.3 Å². The molecule has 1 aromatic carbocycles. The Morgan fingerprint density at radius 1 is 1.18 bits per heavy atom. The van der Waals surface area contributed by atoms with Gasteiger partial charge < -0.3 is 15.7 Å². The predicted molar refractivity (Wildman–Crippen MR) is 98.9 cm³/mol. The van der Waals surface area contributed by atoms with E-state index >= 15 is 0 Å². The Hall–Kier alpha value is -3.53. The zero-order valence-corrected chi connectivity index (χ0v) is 15.3. The molecule has 1 aromatic rings. The summed E-state index contributed by atoms with van der Waals surface area (Å²) < 4.78 is 35.7. The molecule has 1 atom stereocenters. The van der Waals surface area contributed by atoms with Crippen molar-refractivity contribution in [1.82, 2.24) is 10.6 Å². The summed E-state index contributed by atoms with van der Waals surface area (Å²) in [5.41, 5.74) is 0.327. The summed E-state index contributed by atoms with van der Waals surface area (Å²) in [6.45, 7) is 1.25. The van der Waals surface area contributed by atoms with Gasteiger partial charge in [0.1, 0.15) is 16.4 Å². The van der Waals surface area contributed by atoms with Gasteiger partial charge in [-0.25, -0.2) is 4.39 Å². The Bertz CT molecular complexity index is 1040. The van der Waals surface area contributed by atoms with Crippen LogP contribution in [0.2, 0.25) is 0 Å². The lowest BCUT2D eigenvalue weighted by molar-refractivity contribution is -0.135. The molecule has 0 radical (unpaired) electrons. The molecular formula is C18H15FN2O6S. The summed E-state index contributed by atoms with van der Waals surface area (Å²) in [6, 6.07) is 3.45. The molecule has 0 saturated carbocycles. The normalized spacial score (nSPS) is 16.2. The van der Waals surface area contributed by atoms with Gasteiger partial charge in [0, 0.05) is 24.3 Å². The van der Waals surface area contributed by atoms with E-state index in [4.69, 9.17) is 0 Å². The highest BCUT2D eigenvalue weighted by atomic mass is 32.2. The molecule has 0 fully saturated rings. The zero-order valence-electron chi connectivity index (χ0n) is 14.5. The van der Waals surface area contributed by atoms with Crippen molar-refractivity contribution in [1.29, 1.82) is 0 Å². The molecule has 8 nitrogen and oxygen atoms in total. The van der Waals surface area contributed by atoms with E-state index in [0.717, 1.165) is 18.2 Å². The molecule has 0 aliphatic heterocycles. The van der Waals surface area contributed by atoms with E-state index in [1.54, 1.807) is 0 Å². The third-order valence-electron chi connectivity index (χ3n) is 3.50. The van der Waals surface area contributed by atoms with Gasteiger partial charge in [-0.2, -0.15) is 8.42 Å². The summed E-state index contributed by atoms with van der Waals surface area (Å²) in [6.07, 6.45) is 4.44. The van der Waals surface area contributed by atoms with E-state index in [9.17, 15) is 32.3 Å². The van der Waals surface area contributed by atoms with Crippen molar-refractivity contribution >= 4 is 38.5 Å². The van der Waals surface area contributed by atoms with Crippen molar-refractivity contribution in [2.24, 2.45) is 0 Å². The minimum atomic E-state index is -2.73. The van der Waals surface area contributed by atoms with Crippen LogP contribution in [-0.4, -0.2) is 42.0 Å². The number of carbonyl (C=O) groups is 3. The fourth-order valence-corrected chi connectivity index (χ4v) is 2.81. The second-order valence-corrected chi connectivity index (χ2v) is 6.57. The van der Waals surface area contributed by atoms with Gasteiger partial charge >= 0.3 is 0 Å². The van der Waals surface area contributed by atoms with Gasteiger partial charge in [-0.15, -0.1) is 0 Å². The van der Waals surface area contributed by atoms with Crippen molar-refractivity contribution in [3.05, 3.63) is 65.6 Å². The molecular weight excluding hydrogens is 391 g/mol. The van der Waals surface area contributed by atoms with Gasteiger partial charge in [0.15, 0.2) is 0 Å². The van der Waals surface area contributed by atoms with Crippen LogP contribution >= 0.6 is 0 Å². The summed E-state index contributed by atoms with van der Waals surface area (Å²) in [4.78, 5) is 34.8. The highest BCUT2D eigenvalue weighted by Gasteiger charge is 2.23. The molecule has 28 heavy (non-hydrogen) atoms. The van der Waals surface area contributed by atoms with E-state index in [1.807, 2.05) is 0 Å². The van der Waals surface area contributed by atoms with Crippen LogP contribution in [0.4, 0.5) is 4.39 Å². The predicted octanol–water partition coefficient (Wildman–Crippen LogP) is 0.420. The highest BCUT2D eigenvalue weighted by molar-refractivity contribution is 7.73. The number of halogens is 1. The second-order valence-electron chi connectivity index (χ2n) is 5.63. The van der Waals surface area contributed by atoms with Crippen molar-refractivity contribution in [3.8, 4) is 0 Å². The average Bonchev–Trinajstić information content (AvgIpc) is 2.62. The quantitative estimate of drug-likeness (QED) is 0.281. The number of aliphatic hydroxyl groups excluding tert-OH is 1. The maximum atomic E-state index is 12.9. The summed E-state index contributed by atoms with van der Waals surface area (Å²) >= 11 is 0. The lowest BCUT2D eigenvalue weighted by Gasteiger charge is -2.17. The van der Waals surface area contributed by atoms with Crippen LogP contribution in [0, 0.1) is 5.82 Å². The Balaban J connectivity index is 2.14. The topological polar surface area (TPSA) is 130 Å². The number of nitrogens with one attached hydrogen (secondary N) is 2. The van der Waals surface area contributed by atoms with E-state index in [2.05, 4.69) is 10.6 Å². The summed E-state index contributed by atoms with van der Waals surface area (Å²) in [5, 5.41) is 14.5. The lowest BCUT2D eigenvalue weighted by Crippen LogP contribution is -2.43. The van der Waals surface area contributed by atoms with E-state index < -0.39 is 45.5 Å². The van der Waals surface area contributed by atoms with Crippen molar-refractivity contribution in [2.45, 2.75) is 13.0 Å². The average molecular weight is 406 g/mol. The second kappa shape index (κ2) is 8.91. The number of rotatable bonds is 5. The molecule has 10 heteroatoms. The Morgan fingerprint density at radius 3 is 2.39 bits per heavy atom. The molecule has 0 bridgehead atoms. The number of allylic oxidation sites excluding steroid dienone is 1. The smallest absolute Gasteiger partial charge is 0.292 e. The van der Waals surface area contributed by atoms with Crippen LogP contribution in [0.15, 0.2) is 54.3 Å². The van der Waals surface area contributed by atoms with Gasteiger partial charge in [0.25, 0.3) is 5.91 Å². The molecule has 3 N–H and O–H groups in total. The van der Waals surface area contributed by atoms with E-state index in [1.165, 1.54) is 31.2 Å². The summed E-state index contributed by atoms with van der Waals surface area (Å²) in [5.74, 6) is -3.80. The number of carbonyl (C=O) groups excluding carboxylic acids is 3. The van der Waals surface area contributed by atoms with Crippen molar-refractivity contribution in [2.75, 3.05) is 0 Å².